The summed E-state index contributed by atoms with van der Waals surface area (Å²) in [7, 11) is 4.14. The van der Waals surface area contributed by atoms with Gasteiger partial charge in [-0.1, -0.05) is 31.1 Å². The van der Waals surface area contributed by atoms with Crippen molar-refractivity contribution < 1.29 is 4.52 Å². The molecule has 0 unspecified atom stereocenters. The summed E-state index contributed by atoms with van der Waals surface area (Å²) in [5.41, 5.74) is 3.65. The molecular weight excluding hydrogens is 286 g/mol. The van der Waals surface area contributed by atoms with Crippen molar-refractivity contribution in [3.05, 3.63) is 47.3 Å². The van der Waals surface area contributed by atoms with E-state index in [1.54, 1.807) is 0 Å². The van der Waals surface area contributed by atoms with E-state index in [1.807, 2.05) is 0 Å². The van der Waals surface area contributed by atoms with Gasteiger partial charge in [-0.2, -0.15) is 0 Å². The van der Waals surface area contributed by atoms with Crippen LogP contribution in [0.15, 0.2) is 34.9 Å². The van der Waals surface area contributed by atoms with Crippen molar-refractivity contribution in [2.24, 2.45) is 0 Å². The molecule has 4 nitrogen and oxygen atoms in total. The second-order valence-electron chi connectivity index (χ2n) is 7.00. The van der Waals surface area contributed by atoms with Crippen LogP contribution in [0, 0.1) is 0 Å². The number of nitrogens with zero attached hydrogens (tertiary/aromatic N) is 3. The van der Waals surface area contributed by atoms with E-state index in [-0.39, 0.29) is 0 Å². The predicted molar refractivity (Wildman–Crippen MR) is 93.7 cm³/mol. The molecule has 0 N–H and O–H groups in total. The molecule has 2 heterocycles. The second-order valence-corrected chi connectivity index (χ2v) is 7.00. The summed E-state index contributed by atoms with van der Waals surface area (Å²) in [5.74, 6) is 1.44. The lowest BCUT2D eigenvalue weighted by Gasteiger charge is -2.22. The van der Waals surface area contributed by atoms with E-state index in [0.29, 0.717) is 12.0 Å². The van der Waals surface area contributed by atoms with Crippen LogP contribution in [0.1, 0.15) is 55.7 Å². The summed E-state index contributed by atoms with van der Waals surface area (Å²) in [6.07, 6.45) is 2.38. The van der Waals surface area contributed by atoms with Gasteiger partial charge in [0.25, 0.3) is 0 Å². The number of rotatable bonds is 5. The van der Waals surface area contributed by atoms with Crippen LogP contribution in [0.5, 0.6) is 0 Å². The Morgan fingerprint density at radius 2 is 2.00 bits per heavy atom. The van der Waals surface area contributed by atoms with Gasteiger partial charge >= 0.3 is 0 Å². The lowest BCUT2D eigenvalue weighted by atomic mass is 10.1. The summed E-state index contributed by atoms with van der Waals surface area (Å²) >= 11 is 0. The van der Waals surface area contributed by atoms with Gasteiger partial charge in [0.2, 0.25) is 0 Å². The van der Waals surface area contributed by atoms with Crippen molar-refractivity contribution in [1.82, 2.24) is 10.1 Å². The zero-order chi connectivity index (χ0) is 16.4. The Bertz CT molecular complexity index is 630. The largest absolute Gasteiger partial charge is 0.378 e. The average Bonchev–Trinajstić information content (AvgIpc) is 3.16. The first-order valence-corrected chi connectivity index (χ1v) is 8.51. The average molecular weight is 313 g/mol. The van der Waals surface area contributed by atoms with E-state index in [1.165, 1.54) is 17.7 Å². The molecule has 0 radical (unpaired) electrons. The highest BCUT2D eigenvalue weighted by molar-refractivity contribution is 5.46. The summed E-state index contributed by atoms with van der Waals surface area (Å²) in [4.78, 5) is 4.64. The molecule has 2 aromatic rings. The molecule has 1 fully saturated rings. The molecule has 3 rings (SSSR count). The molecule has 23 heavy (non-hydrogen) atoms. The van der Waals surface area contributed by atoms with Gasteiger partial charge in [0.1, 0.15) is 0 Å². The summed E-state index contributed by atoms with van der Waals surface area (Å²) in [6.45, 7) is 6.40. The predicted octanol–water partition coefficient (Wildman–Crippen LogP) is 4.20. The summed E-state index contributed by atoms with van der Waals surface area (Å²) in [6, 6.07) is 11.3. The number of hydrogen-bond acceptors (Lipinski definition) is 4. The standard InChI is InChI=1S/C19H27N3O/c1-14(2)17-12-19(23-20-17)18-6-5-11-22(18)13-15-7-9-16(10-8-15)21(3)4/h7-10,12,14,18H,5-6,11,13H2,1-4H3/t18-/m1/s1. The van der Waals surface area contributed by atoms with Crippen molar-refractivity contribution in [2.75, 3.05) is 25.5 Å². The van der Waals surface area contributed by atoms with Gasteiger partial charge in [-0.15, -0.1) is 0 Å². The Labute approximate surface area is 139 Å². The van der Waals surface area contributed by atoms with E-state index in [4.69, 9.17) is 4.52 Å². The SMILES string of the molecule is CC(C)c1cc([C@H]2CCCN2Cc2ccc(N(C)C)cc2)on1. The molecule has 1 aromatic heterocycles. The van der Waals surface area contributed by atoms with Crippen molar-refractivity contribution >= 4 is 5.69 Å². The van der Waals surface area contributed by atoms with Crippen LogP contribution in [-0.4, -0.2) is 30.7 Å². The van der Waals surface area contributed by atoms with Gasteiger partial charge < -0.3 is 9.42 Å². The Hall–Kier alpha value is -1.81. The molecule has 124 valence electrons. The van der Waals surface area contributed by atoms with Crippen LogP contribution in [0.25, 0.3) is 0 Å². The van der Waals surface area contributed by atoms with E-state index in [2.05, 4.69) is 73.2 Å². The maximum absolute atomic E-state index is 5.63. The monoisotopic (exact) mass is 313 g/mol. The fourth-order valence-corrected chi connectivity index (χ4v) is 3.20. The highest BCUT2D eigenvalue weighted by atomic mass is 16.5. The van der Waals surface area contributed by atoms with Crippen LogP contribution in [0.4, 0.5) is 5.69 Å². The van der Waals surface area contributed by atoms with Gasteiger partial charge in [-0.05, 0) is 43.0 Å². The first kappa shape index (κ1) is 16.1. The maximum atomic E-state index is 5.63. The van der Waals surface area contributed by atoms with Crippen molar-refractivity contribution in [3.8, 4) is 0 Å². The highest BCUT2D eigenvalue weighted by Gasteiger charge is 2.29. The van der Waals surface area contributed by atoms with Crippen LogP contribution in [0.3, 0.4) is 0 Å². The molecule has 0 bridgehead atoms. The Kier molecular flexibility index (Phi) is 4.71. The molecule has 0 spiro atoms. The third-order valence-corrected chi connectivity index (χ3v) is 4.67. The summed E-state index contributed by atoms with van der Waals surface area (Å²) in [5, 5.41) is 4.23. The molecule has 1 atom stereocenters. The zero-order valence-corrected chi connectivity index (χ0v) is 14.6. The van der Waals surface area contributed by atoms with Crippen LogP contribution < -0.4 is 4.90 Å². The molecule has 4 heteroatoms. The lowest BCUT2D eigenvalue weighted by Crippen LogP contribution is -2.22. The number of aromatic nitrogens is 1. The third-order valence-electron chi connectivity index (χ3n) is 4.67. The van der Waals surface area contributed by atoms with Crippen LogP contribution in [0.2, 0.25) is 0 Å². The smallest absolute Gasteiger partial charge is 0.154 e. The Morgan fingerprint density at radius 3 is 2.61 bits per heavy atom. The Balaban J connectivity index is 1.71. The number of likely N-dealkylation sites (tertiary alicyclic amines) is 1. The van der Waals surface area contributed by atoms with Crippen LogP contribution >= 0.6 is 0 Å². The van der Waals surface area contributed by atoms with E-state index in [0.717, 1.165) is 31.0 Å². The van der Waals surface area contributed by atoms with Crippen LogP contribution in [-0.2, 0) is 6.54 Å². The Morgan fingerprint density at radius 1 is 1.26 bits per heavy atom. The fraction of sp³-hybridized carbons (Fsp3) is 0.526. The lowest BCUT2D eigenvalue weighted by molar-refractivity contribution is 0.206. The second kappa shape index (κ2) is 6.75. The molecule has 0 amide bonds. The molecule has 0 saturated carbocycles. The first-order valence-electron chi connectivity index (χ1n) is 8.51. The third kappa shape index (κ3) is 3.58. The molecule has 1 saturated heterocycles. The minimum Gasteiger partial charge on any atom is -0.378 e. The van der Waals surface area contributed by atoms with Crippen molar-refractivity contribution in [3.63, 3.8) is 0 Å². The zero-order valence-electron chi connectivity index (χ0n) is 14.6. The fourth-order valence-electron chi connectivity index (χ4n) is 3.20. The van der Waals surface area contributed by atoms with E-state index in [9.17, 15) is 0 Å². The highest BCUT2D eigenvalue weighted by Crippen LogP contribution is 2.34. The minimum atomic E-state index is 0.364. The minimum absolute atomic E-state index is 0.364. The van der Waals surface area contributed by atoms with Gasteiger partial charge in [0.05, 0.1) is 11.7 Å². The molecule has 0 aliphatic carbocycles. The molecule has 1 aromatic carbocycles. The molecule has 1 aliphatic heterocycles. The molecular formula is C19H27N3O. The normalized spacial score (nSPS) is 18.7. The number of benzene rings is 1. The topological polar surface area (TPSA) is 32.5 Å². The van der Waals surface area contributed by atoms with Gasteiger partial charge in [0.15, 0.2) is 5.76 Å². The van der Waals surface area contributed by atoms with Gasteiger partial charge in [-0.3, -0.25) is 4.90 Å². The maximum Gasteiger partial charge on any atom is 0.154 e. The van der Waals surface area contributed by atoms with Crippen molar-refractivity contribution in [2.45, 2.75) is 45.2 Å². The first-order chi connectivity index (χ1) is 11.0. The van der Waals surface area contributed by atoms with E-state index < -0.39 is 0 Å². The number of anilines is 1. The van der Waals surface area contributed by atoms with E-state index >= 15 is 0 Å². The van der Waals surface area contributed by atoms with Crippen molar-refractivity contribution in [1.29, 1.82) is 0 Å². The quantitative estimate of drug-likeness (QED) is 0.828. The van der Waals surface area contributed by atoms with Gasteiger partial charge in [-0.25, -0.2) is 0 Å². The number of hydrogen-bond donors (Lipinski definition) is 0. The summed E-state index contributed by atoms with van der Waals surface area (Å²) < 4.78 is 5.63. The molecule has 1 aliphatic rings. The van der Waals surface area contributed by atoms with Gasteiger partial charge in [0, 0.05) is 32.4 Å².